The van der Waals surface area contributed by atoms with Crippen LogP contribution in [0.2, 0.25) is 0 Å². The van der Waals surface area contributed by atoms with Crippen molar-refractivity contribution in [3.8, 4) is 6.07 Å². The highest BCUT2D eigenvalue weighted by atomic mass is 16.1. The lowest BCUT2D eigenvalue weighted by atomic mass is 10.1. The van der Waals surface area contributed by atoms with Gasteiger partial charge in [0.05, 0.1) is 11.6 Å². The molecule has 0 bridgehead atoms. The van der Waals surface area contributed by atoms with E-state index < -0.39 is 0 Å². The summed E-state index contributed by atoms with van der Waals surface area (Å²) in [5.74, 6) is 0.0337. The molecule has 0 fully saturated rings. The average Bonchev–Trinajstić information content (AvgIpc) is 2.30. The van der Waals surface area contributed by atoms with Crippen LogP contribution in [-0.2, 0) is 0 Å². The molecule has 0 aromatic heterocycles. The Kier molecular flexibility index (Phi) is 4.07. The molecule has 0 spiro atoms. The van der Waals surface area contributed by atoms with E-state index >= 15 is 0 Å². The zero-order valence-corrected chi connectivity index (χ0v) is 9.95. The van der Waals surface area contributed by atoms with Crippen molar-refractivity contribution in [3.05, 3.63) is 29.3 Å². The van der Waals surface area contributed by atoms with E-state index in [-0.39, 0.29) is 5.78 Å². The Morgan fingerprint density at radius 1 is 1.38 bits per heavy atom. The van der Waals surface area contributed by atoms with Gasteiger partial charge in [0.2, 0.25) is 0 Å². The van der Waals surface area contributed by atoms with E-state index in [1.165, 1.54) is 0 Å². The predicted molar refractivity (Wildman–Crippen MR) is 64.7 cm³/mol. The second-order valence-electron chi connectivity index (χ2n) is 3.57. The number of carbonyl (C=O) groups is 1. The van der Waals surface area contributed by atoms with Crippen LogP contribution in [0.1, 0.15) is 36.7 Å². The molecule has 0 radical (unpaired) electrons. The van der Waals surface area contributed by atoms with E-state index in [0.29, 0.717) is 11.1 Å². The highest BCUT2D eigenvalue weighted by Gasteiger charge is 2.12. The lowest BCUT2D eigenvalue weighted by Gasteiger charge is -2.23. The van der Waals surface area contributed by atoms with Gasteiger partial charge in [0.25, 0.3) is 0 Å². The minimum absolute atomic E-state index is 0.0337. The smallest absolute Gasteiger partial charge is 0.161 e. The molecule has 0 aliphatic heterocycles. The summed E-state index contributed by atoms with van der Waals surface area (Å²) in [6.45, 7) is 7.27. The van der Waals surface area contributed by atoms with Gasteiger partial charge in [0.15, 0.2) is 5.78 Å². The average molecular weight is 216 g/mol. The quantitative estimate of drug-likeness (QED) is 0.727. The maximum absolute atomic E-state index is 11.5. The summed E-state index contributed by atoms with van der Waals surface area (Å²) < 4.78 is 0. The van der Waals surface area contributed by atoms with Gasteiger partial charge in [-0.05, 0) is 39.0 Å². The molecule has 3 nitrogen and oxygen atoms in total. The molecule has 0 aliphatic rings. The van der Waals surface area contributed by atoms with Gasteiger partial charge >= 0.3 is 0 Å². The first-order valence-electron chi connectivity index (χ1n) is 5.44. The van der Waals surface area contributed by atoms with Gasteiger partial charge in [0, 0.05) is 24.3 Å². The first-order chi connectivity index (χ1) is 7.63. The first kappa shape index (κ1) is 12.3. The van der Waals surface area contributed by atoms with Crippen LogP contribution in [0, 0.1) is 11.3 Å². The fraction of sp³-hybridized carbons (Fsp3) is 0.385. The molecule has 1 aromatic rings. The second-order valence-corrected chi connectivity index (χ2v) is 3.57. The van der Waals surface area contributed by atoms with Crippen LogP contribution < -0.4 is 4.90 Å². The van der Waals surface area contributed by atoms with Crippen LogP contribution >= 0.6 is 0 Å². The number of benzene rings is 1. The number of hydrogen-bond acceptors (Lipinski definition) is 3. The summed E-state index contributed by atoms with van der Waals surface area (Å²) in [7, 11) is 0. The van der Waals surface area contributed by atoms with E-state index in [1.807, 2.05) is 13.8 Å². The largest absolute Gasteiger partial charge is 0.371 e. The molecule has 1 aromatic carbocycles. The summed E-state index contributed by atoms with van der Waals surface area (Å²) in [5.41, 5.74) is 2.13. The van der Waals surface area contributed by atoms with Crippen molar-refractivity contribution in [2.24, 2.45) is 0 Å². The topological polar surface area (TPSA) is 44.1 Å². The number of nitriles is 1. The van der Waals surface area contributed by atoms with Crippen LogP contribution in [-0.4, -0.2) is 18.9 Å². The SMILES string of the molecule is CCN(CC)c1cc(C#N)ccc1C(C)=O. The van der Waals surface area contributed by atoms with Crippen LogP contribution in [0.25, 0.3) is 0 Å². The molecule has 0 aliphatic carbocycles. The minimum Gasteiger partial charge on any atom is -0.371 e. The molecule has 84 valence electrons. The molecule has 0 amide bonds. The standard InChI is InChI=1S/C13H16N2O/c1-4-15(5-2)13-8-11(9-14)6-7-12(13)10(3)16/h6-8H,4-5H2,1-3H3. The Morgan fingerprint density at radius 2 is 2.00 bits per heavy atom. The number of anilines is 1. The Bertz CT molecular complexity index is 428. The monoisotopic (exact) mass is 216 g/mol. The number of ketones is 1. The maximum atomic E-state index is 11.5. The second kappa shape index (κ2) is 5.32. The van der Waals surface area contributed by atoms with Crippen LogP contribution in [0.3, 0.4) is 0 Å². The van der Waals surface area contributed by atoms with Crippen molar-refractivity contribution in [2.45, 2.75) is 20.8 Å². The van der Waals surface area contributed by atoms with Gasteiger partial charge in [-0.1, -0.05) is 0 Å². The van der Waals surface area contributed by atoms with Gasteiger partial charge < -0.3 is 4.90 Å². The van der Waals surface area contributed by atoms with Gasteiger partial charge in [-0.3, -0.25) is 4.79 Å². The fourth-order valence-electron chi connectivity index (χ4n) is 1.72. The number of hydrogen-bond donors (Lipinski definition) is 0. The molecular formula is C13H16N2O. The summed E-state index contributed by atoms with van der Waals surface area (Å²) in [4.78, 5) is 13.6. The third-order valence-corrected chi connectivity index (χ3v) is 2.61. The summed E-state index contributed by atoms with van der Waals surface area (Å²) in [5, 5.41) is 8.87. The van der Waals surface area contributed by atoms with E-state index in [2.05, 4.69) is 11.0 Å². The number of nitrogens with zero attached hydrogens (tertiary/aromatic N) is 2. The van der Waals surface area contributed by atoms with Gasteiger partial charge in [-0.25, -0.2) is 0 Å². The van der Waals surface area contributed by atoms with Crippen molar-refractivity contribution < 1.29 is 4.79 Å². The first-order valence-corrected chi connectivity index (χ1v) is 5.44. The van der Waals surface area contributed by atoms with Gasteiger partial charge in [-0.15, -0.1) is 0 Å². The van der Waals surface area contributed by atoms with Crippen molar-refractivity contribution in [1.29, 1.82) is 5.26 Å². The number of carbonyl (C=O) groups excluding carboxylic acids is 1. The van der Waals surface area contributed by atoms with Crippen molar-refractivity contribution in [1.82, 2.24) is 0 Å². The van der Waals surface area contributed by atoms with Crippen molar-refractivity contribution >= 4 is 11.5 Å². The van der Waals surface area contributed by atoms with E-state index in [0.717, 1.165) is 18.8 Å². The van der Waals surface area contributed by atoms with E-state index in [1.54, 1.807) is 25.1 Å². The van der Waals surface area contributed by atoms with Crippen LogP contribution in [0.4, 0.5) is 5.69 Å². The van der Waals surface area contributed by atoms with Crippen LogP contribution in [0.15, 0.2) is 18.2 Å². The zero-order chi connectivity index (χ0) is 12.1. The minimum atomic E-state index is 0.0337. The molecule has 0 unspecified atom stereocenters. The summed E-state index contributed by atoms with van der Waals surface area (Å²) >= 11 is 0. The molecule has 1 rings (SSSR count). The Morgan fingerprint density at radius 3 is 2.44 bits per heavy atom. The lowest BCUT2D eigenvalue weighted by molar-refractivity contribution is 0.101. The predicted octanol–water partition coefficient (Wildman–Crippen LogP) is 2.61. The van der Waals surface area contributed by atoms with Crippen LogP contribution in [0.5, 0.6) is 0 Å². The molecular weight excluding hydrogens is 200 g/mol. The third kappa shape index (κ3) is 2.40. The maximum Gasteiger partial charge on any atom is 0.161 e. The van der Waals surface area contributed by atoms with E-state index in [4.69, 9.17) is 5.26 Å². The number of rotatable bonds is 4. The molecule has 0 saturated carbocycles. The molecule has 16 heavy (non-hydrogen) atoms. The highest BCUT2D eigenvalue weighted by Crippen LogP contribution is 2.22. The molecule has 0 saturated heterocycles. The Hall–Kier alpha value is -1.82. The Balaban J connectivity index is 3.31. The lowest BCUT2D eigenvalue weighted by Crippen LogP contribution is -2.24. The molecule has 0 N–H and O–H groups in total. The molecule has 0 atom stereocenters. The third-order valence-electron chi connectivity index (χ3n) is 2.61. The Labute approximate surface area is 96.3 Å². The molecule has 0 heterocycles. The van der Waals surface area contributed by atoms with Gasteiger partial charge in [-0.2, -0.15) is 5.26 Å². The number of Topliss-reactive ketones (excluding diaryl/α,β-unsaturated/α-hetero) is 1. The summed E-state index contributed by atoms with van der Waals surface area (Å²) in [6, 6.07) is 7.30. The van der Waals surface area contributed by atoms with Gasteiger partial charge in [0.1, 0.15) is 0 Å². The normalized spacial score (nSPS) is 9.62. The molecule has 3 heteroatoms. The highest BCUT2D eigenvalue weighted by molar-refractivity contribution is 6.00. The van der Waals surface area contributed by atoms with Crippen molar-refractivity contribution in [3.63, 3.8) is 0 Å². The fourth-order valence-corrected chi connectivity index (χ4v) is 1.72. The van der Waals surface area contributed by atoms with Crippen molar-refractivity contribution in [2.75, 3.05) is 18.0 Å². The zero-order valence-electron chi connectivity index (χ0n) is 9.95. The van der Waals surface area contributed by atoms with E-state index in [9.17, 15) is 4.79 Å². The summed E-state index contributed by atoms with van der Waals surface area (Å²) in [6.07, 6.45) is 0.